The van der Waals surface area contributed by atoms with Gasteiger partial charge in [0.15, 0.2) is 0 Å². The zero-order chi connectivity index (χ0) is 11.4. The van der Waals surface area contributed by atoms with Crippen LogP contribution in [0.4, 0.5) is 0 Å². The predicted molar refractivity (Wildman–Crippen MR) is 61.8 cm³/mol. The second-order valence-corrected chi connectivity index (χ2v) is 4.06. The van der Waals surface area contributed by atoms with Crippen molar-refractivity contribution in [3.05, 3.63) is 35.4 Å². The molecule has 1 atom stereocenters. The molecule has 4 nitrogen and oxygen atoms in total. The van der Waals surface area contributed by atoms with Crippen LogP contribution in [0.3, 0.4) is 0 Å². The van der Waals surface area contributed by atoms with Gasteiger partial charge in [-0.25, -0.2) is 4.79 Å². The van der Waals surface area contributed by atoms with Crippen LogP contribution >= 0.6 is 0 Å². The zero-order valence-corrected chi connectivity index (χ0v) is 9.07. The van der Waals surface area contributed by atoms with Crippen molar-refractivity contribution in [2.24, 2.45) is 0 Å². The topological polar surface area (TPSA) is 61.4 Å². The number of rotatable bonds is 3. The zero-order valence-electron chi connectivity index (χ0n) is 9.07. The van der Waals surface area contributed by atoms with E-state index in [4.69, 9.17) is 5.11 Å². The highest BCUT2D eigenvalue weighted by molar-refractivity contribution is 5.87. The third kappa shape index (κ3) is 2.81. The van der Waals surface area contributed by atoms with Gasteiger partial charge in [-0.1, -0.05) is 12.1 Å². The quantitative estimate of drug-likeness (QED) is 0.693. The van der Waals surface area contributed by atoms with Crippen LogP contribution in [-0.4, -0.2) is 36.8 Å². The van der Waals surface area contributed by atoms with Crippen LogP contribution in [0.15, 0.2) is 24.3 Å². The van der Waals surface area contributed by atoms with E-state index in [1.807, 2.05) is 6.07 Å². The number of hydrogen-bond acceptors (Lipinski definition) is 3. The molecule has 0 amide bonds. The molecule has 0 spiro atoms. The Morgan fingerprint density at radius 1 is 1.44 bits per heavy atom. The van der Waals surface area contributed by atoms with Crippen molar-refractivity contribution < 1.29 is 9.90 Å². The van der Waals surface area contributed by atoms with Crippen molar-refractivity contribution >= 4 is 5.97 Å². The lowest BCUT2D eigenvalue weighted by Gasteiger charge is -2.24. The molecule has 0 aromatic heterocycles. The van der Waals surface area contributed by atoms with Crippen LogP contribution in [0.25, 0.3) is 0 Å². The van der Waals surface area contributed by atoms with E-state index in [-0.39, 0.29) is 0 Å². The summed E-state index contributed by atoms with van der Waals surface area (Å²) in [6, 6.07) is 7.55. The summed E-state index contributed by atoms with van der Waals surface area (Å²) >= 11 is 0. The van der Waals surface area contributed by atoms with Gasteiger partial charge in [-0.2, -0.15) is 0 Å². The van der Waals surface area contributed by atoms with Gasteiger partial charge in [0.2, 0.25) is 0 Å². The number of nitrogens with one attached hydrogen (secondary N) is 2. The number of carboxylic acid groups (broad SMARTS) is 1. The second-order valence-electron chi connectivity index (χ2n) is 4.06. The Kier molecular flexibility index (Phi) is 3.54. The lowest BCUT2D eigenvalue weighted by Crippen LogP contribution is -2.49. The molecule has 1 aromatic carbocycles. The number of carboxylic acids is 1. The maximum absolute atomic E-state index is 10.8. The average Bonchev–Trinajstić information content (AvgIpc) is 2.30. The molecule has 0 unspecified atom stereocenters. The highest BCUT2D eigenvalue weighted by atomic mass is 16.4. The Balaban J connectivity index is 2.02. The van der Waals surface area contributed by atoms with E-state index in [0.29, 0.717) is 11.6 Å². The first-order valence-corrected chi connectivity index (χ1v) is 5.52. The van der Waals surface area contributed by atoms with Crippen LogP contribution in [0.5, 0.6) is 0 Å². The van der Waals surface area contributed by atoms with Crippen molar-refractivity contribution in [2.45, 2.75) is 12.5 Å². The van der Waals surface area contributed by atoms with Crippen molar-refractivity contribution in [1.82, 2.24) is 10.6 Å². The van der Waals surface area contributed by atoms with Crippen LogP contribution in [0.1, 0.15) is 15.9 Å². The average molecular weight is 220 g/mol. The molecule has 0 aliphatic carbocycles. The second kappa shape index (κ2) is 5.09. The fraction of sp³-hybridized carbons (Fsp3) is 0.417. The molecule has 3 N–H and O–H groups in total. The molecular formula is C12H16N2O2. The maximum Gasteiger partial charge on any atom is 0.335 e. The maximum atomic E-state index is 10.8. The van der Waals surface area contributed by atoms with E-state index in [2.05, 4.69) is 10.6 Å². The molecule has 2 rings (SSSR count). The minimum Gasteiger partial charge on any atom is -0.478 e. The summed E-state index contributed by atoms with van der Waals surface area (Å²) < 4.78 is 0. The molecule has 4 heteroatoms. The summed E-state index contributed by atoms with van der Waals surface area (Å²) in [4.78, 5) is 10.8. The molecule has 1 aliphatic rings. The van der Waals surface area contributed by atoms with Crippen molar-refractivity contribution in [1.29, 1.82) is 0 Å². The van der Waals surface area contributed by atoms with E-state index in [1.165, 1.54) is 0 Å². The van der Waals surface area contributed by atoms with Gasteiger partial charge in [-0.15, -0.1) is 0 Å². The Labute approximate surface area is 94.7 Å². The molecule has 1 saturated heterocycles. The third-order valence-corrected chi connectivity index (χ3v) is 2.78. The van der Waals surface area contributed by atoms with Crippen LogP contribution < -0.4 is 10.6 Å². The first-order valence-electron chi connectivity index (χ1n) is 5.52. The van der Waals surface area contributed by atoms with Crippen LogP contribution in [0, 0.1) is 0 Å². The summed E-state index contributed by atoms with van der Waals surface area (Å²) in [5.74, 6) is -0.864. The number of aromatic carboxylic acids is 1. The van der Waals surface area contributed by atoms with Gasteiger partial charge < -0.3 is 15.7 Å². The summed E-state index contributed by atoms with van der Waals surface area (Å²) in [5, 5.41) is 15.6. The van der Waals surface area contributed by atoms with Crippen LogP contribution in [0.2, 0.25) is 0 Å². The molecular weight excluding hydrogens is 204 g/mol. The Morgan fingerprint density at radius 3 is 3.00 bits per heavy atom. The number of hydrogen-bond donors (Lipinski definition) is 3. The number of piperazine rings is 1. The summed E-state index contributed by atoms with van der Waals surface area (Å²) in [6.45, 7) is 2.92. The van der Waals surface area contributed by atoms with E-state index in [9.17, 15) is 4.79 Å². The molecule has 1 aliphatic heterocycles. The van der Waals surface area contributed by atoms with Crippen molar-refractivity contribution in [3.8, 4) is 0 Å². The summed E-state index contributed by atoms with van der Waals surface area (Å²) in [7, 11) is 0. The largest absolute Gasteiger partial charge is 0.478 e. The van der Waals surface area contributed by atoms with E-state index >= 15 is 0 Å². The van der Waals surface area contributed by atoms with Gasteiger partial charge in [-0.05, 0) is 24.1 Å². The van der Waals surface area contributed by atoms with Gasteiger partial charge in [0.25, 0.3) is 0 Å². The lowest BCUT2D eigenvalue weighted by atomic mass is 10.0. The normalized spacial score (nSPS) is 20.6. The fourth-order valence-electron chi connectivity index (χ4n) is 1.97. The molecule has 0 radical (unpaired) electrons. The smallest absolute Gasteiger partial charge is 0.335 e. The molecule has 86 valence electrons. The highest BCUT2D eigenvalue weighted by Crippen LogP contribution is 2.08. The minimum atomic E-state index is -0.864. The van der Waals surface area contributed by atoms with E-state index in [0.717, 1.165) is 31.6 Å². The minimum absolute atomic E-state index is 0.362. The van der Waals surface area contributed by atoms with Gasteiger partial charge >= 0.3 is 5.97 Å². The van der Waals surface area contributed by atoms with Gasteiger partial charge in [0.05, 0.1) is 5.56 Å². The Morgan fingerprint density at radius 2 is 2.31 bits per heavy atom. The molecule has 1 aromatic rings. The Bertz CT molecular complexity index is 373. The van der Waals surface area contributed by atoms with Gasteiger partial charge in [0.1, 0.15) is 0 Å². The Hall–Kier alpha value is -1.39. The highest BCUT2D eigenvalue weighted by Gasteiger charge is 2.13. The van der Waals surface area contributed by atoms with E-state index < -0.39 is 5.97 Å². The van der Waals surface area contributed by atoms with E-state index in [1.54, 1.807) is 18.2 Å². The van der Waals surface area contributed by atoms with Crippen LogP contribution in [-0.2, 0) is 6.42 Å². The molecule has 1 fully saturated rings. The van der Waals surface area contributed by atoms with Crippen molar-refractivity contribution in [3.63, 3.8) is 0 Å². The predicted octanol–water partition coefficient (Wildman–Crippen LogP) is 0.489. The first kappa shape index (κ1) is 11.1. The molecule has 1 heterocycles. The first-order chi connectivity index (χ1) is 7.75. The van der Waals surface area contributed by atoms with Gasteiger partial charge in [-0.3, -0.25) is 0 Å². The third-order valence-electron chi connectivity index (χ3n) is 2.78. The number of carbonyl (C=O) groups is 1. The molecule has 16 heavy (non-hydrogen) atoms. The summed E-state index contributed by atoms with van der Waals surface area (Å²) in [5.41, 5.74) is 1.43. The standard InChI is InChI=1S/C12H16N2O2/c15-12(16)10-3-1-2-9(6-10)7-11-8-13-4-5-14-11/h1-3,6,11,13-14H,4-5,7-8H2,(H,15,16)/t11-/m1/s1. The fourth-order valence-corrected chi connectivity index (χ4v) is 1.97. The lowest BCUT2D eigenvalue weighted by molar-refractivity contribution is 0.0696. The molecule has 0 bridgehead atoms. The van der Waals surface area contributed by atoms with Crippen molar-refractivity contribution in [2.75, 3.05) is 19.6 Å². The van der Waals surface area contributed by atoms with Gasteiger partial charge in [0, 0.05) is 25.7 Å². The SMILES string of the molecule is O=C(O)c1cccc(C[C@@H]2CNCCN2)c1. The number of benzene rings is 1. The summed E-state index contributed by atoms with van der Waals surface area (Å²) in [6.07, 6.45) is 0.869. The molecule has 0 saturated carbocycles. The monoisotopic (exact) mass is 220 g/mol.